The van der Waals surface area contributed by atoms with Gasteiger partial charge in [0.1, 0.15) is 11.6 Å². The highest BCUT2D eigenvalue weighted by atomic mass is 16.5. The number of nitrogens with one attached hydrogen (secondary N) is 1. The van der Waals surface area contributed by atoms with Crippen LogP contribution in [0.3, 0.4) is 0 Å². The fourth-order valence-electron chi connectivity index (χ4n) is 3.37. The van der Waals surface area contributed by atoms with Crippen LogP contribution in [-0.2, 0) is 0 Å². The molecule has 3 rings (SSSR count). The monoisotopic (exact) mass is 284 g/mol. The zero-order chi connectivity index (χ0) is 14.5. The van der Waals surface area contributed by atoms with Crippen molar-refractivity contribution in [2.45, 2.75) is 38.5 Å². The van der Waals surface area contributed by atoms with Gasteiger partial charge in [0.15, 0.2) is 0 Å². The molecule has 3 nitrogen and oxygen atoms in total. The summed E-state index contributed by atoms with van der Waals surface area (Å²) in [5.41, 5.74) is 0. The van der Waals surface area contributed by atoms with Gasteiger partial charge in [0.2, 0.25) is 0 Å². The number of anilines is 1. The molecule has 21 heavy (non-hydrogen) atoms. The summed E-state index contributed by atoms with van der Waals surface area (Å²) >= 11 is 0. The maximum Gasteiger partial charge on any atom is 0.133 e. The van der Waals surface area contributed by atoms with E-state index in [4.69, 9.17) is 4.74 Å². The summed E-state index contributed by atoms with van der Waals surface area (Å²) in [6.07, 6.45) is 10.2. The van der Waals surface area contributed by atoms with Crippen molar-refractivity contribution in [3.8, 4) is 5.75 Å². The smallest absolute Gasteiger partial charge is 0.133 e. The van der Waals surface area contributed by atoms with Gasteiger partial charge in [-0.15, -0.1) is 0 Å². The van der Waals surface area contributed by atoms with Crippen LogP contribution in [0.15, 0.2) is 30.5 Å². The van der Waals surface area contributed by atoms with Gasteiger partial charge < -0.3 is 10.1 Å². The summed E-state index contributed by atoms with van der Waals surface area (Å²) in [6.45, 7) is 1.01. The Balaban J connectivity index is 1.69. The molecule has 112 valence electrons. The Hall–Kier alpha value is -1.77. The molecule has 1 aromatic carbocycles. The van der Waals surface area contributed by atoms with Gasteiger partial charge >= 0.3 is 0 Å². The largest absolute Gasteiger partial charge is 0.496 e. The van der Waals surface area contributed by atoms with Crippen molar-refractivity contribution >= 4 is 16.6 Å². The van der Waals surface area contributed by atoms with E-state index in [9.17, 15) is 0 Å². The van der Waals surface area contributed by atoms with Gasteiger partial charge in [0.25, 0.3) is 0 Å². The second-order valence-corrected chi connectivity index (χ2v) is 5.93. The predicted molar refractivity (Wildman–Crippen MR) is 88.0 cm³/mol. The molecule has 0 radical (unpaired) electrons. The van der Waals surface area contributed by atoms with E-state index in [2.05, 4.69) is 16.4 Å². The molecule has 1 aliphatic rings. The fraction of sp³-hybridized carbons (Fsp3) is 0.500. The zero-order valence-electron chi connectivity index (χ0n) is 12.8. The van der Waals surface area contributed by atoms with Crippen molar-refractivity contribution < 1.29 is 4.74 Å². The molecule has 0 bridgehead atoms. The molecule has 1 fully saturated rings. The van der Waals surface area contributed by atoms with Gasteiger partial charge in [0, 0.05) is 23.5 Å². The number of rotatable bonds is 5. The molecule has 0 atom stereocenters. The van der Waals surface area contributed by atoms with E-state index in [0.717, 1.165) is 34.8 Å². The summed E-state index contributed by atoms with van der Waals surface area (Å²) in [4.78, 5) is 4.50. The maximum absolute atomic E-state index is 5.43. The van der Waals surface area contributed by atoms with Crippen LogP contribution in [0.4, 0.5) is 5.82 Å². The zero-order valence-corrected chi connectivity index (χ0v) is 12.8. The van der Waals surface area contributed by atoms with Crippen LogP contribution in [0.2, 0.25) is 0 Å². The van der Waals surface area contributed by atoms with Crippen LogP contribution in [0, 0.1) is 5.92 Å². The first kappa shape index (κ1) is 14.2. The van der Waals surface area contributed by atoms with Crippen molar-refractivity contribution in [3.05, 3.63) is 30.5 Å². The minimum Gasteiger partial charge on any atom is -0.496 e. The second-order valence-electron chi connectivity index (χ2n) is 5.93. The van der Waals surface area contributed by atoms with E-state index in [0.29, 0.717) is 0 Å². The molecular formula is C18H24N2O. The Morgan fingerprint density at radius 1 is 1.14 bits per heavy atom. The van der Waals surface area contributed by atoms with Gasteiger partial charge in [0.05, 0.1) is 7.11 Å². The summed E-state index contributed by atoms with van der Waals surface area (Å²) in [7, 11) is 1.71. The molecule has 0 amide bonds. The second kappa shape index (κ2) is 6.79. The molecule has 3 heteroatoms. The minimum atomic E-state index is 0.899. The highest BCUT2D eigenvalue weighted by Crippen LogP contribution is 2.30. The van der Waals surface area contributed by atoms with Crippen molar-refractivity contribution in [3.63, 3.8) is 0 Å². The topological polar surface area (TPSA) is 34.1 Å². The van der Waals surface area contributed by atoms with Gasteiger partial charge in [-0.1, -0.05) is 44.2 Å². The Morgan fingerprint density at radius 3 is 2.81 bits per heavy atom. The standard InChI is InChI=1S/C18H24N2O/c1-21-17-9-5-8-16-15(17)11-13-20-18(16)19-12-10-14-6-3-2-4-7-14/h5,8-9,11,13-14H,2-4,6-7,10,12H2,1H3,(H,19,20). The summed E-state index contributed by atoms with van der Waals surface area (Å²) in [5.74, 6) is 2.78. The number of benzene rings is 1. The number of nitrogens with zero attached hydrogens (tertiary/aromatic N) is 1. The van der Waals surface area contributed by atoms with E-state index in [1.54, 1.807) is 7.11 Å². The van der Waals surface area contributed by atoms with E-state index in [1.165, 1.54) is 38.5 Å². The van der Waals surface area contributed by atoms with Crippen LogP contribution in [-0.4, -0.2) is 18.6 Å². The highest BCUT2D eigenvalue weighted by Gasteiger charge is 2.13. The first-order valence-corrected chi connectivity index (χ1v) is 8.04. The summed E-state index contributed by atoms with van der Waals surface area (Å²) in [6, 6.07) is 8.14. The maximum atomic E-state index is 5.43. The number of methoxy groups -OCH3 is 1. The van der Waals surface area contributed by atoms with Crippen molar-refractivity contribution in [2.24, 2.45) is 5.92 Å². The Bertz CT molecular complexity index is 591. The summed E-state index contributed by atoms with van der Waals surface area (Å²) < 4.78 is 5.43. The quantitative estimate of drug-likeness (QED) is 0.869. The number of ether oxygens (including phenoxy) is 1. The number of aromatic nitrogens is 1. The number of hydrogen-bond acceptors (Lipinski definition) is 3. The molecule has 1 N–H and O–H groups in total. The molecule has 1 aliphatic carbocycles. The predicted octanol–water partition coefficient (Wildman–Crippen LogP) is 4.63. The van der Waals surface area contributed by atoms with Crippen LogP contribution in [0.5, 0.6) is 5.75 Å². The van der Waals surface area contributed by atoms with Crippen LogP contribution < -0.4 is 10.1 Å². The third kappa shape index (κ3) is 3.29. The van der Waals surface area contributed by atoms with Gasteiger partial charge in [-0.2, -0.15) is 0 Å². The average molecular weight is 284 g/mol. The minimum absolute atomic E-state index is 0.899. The number of fused-ring (bicyclic) bond motifs is 1. The molecule has 0 aliphatic heterocycles. The fourth-order valence-corrected chi connectivity index (χ4v) is 3.37. The van der Waals surface area contributed by atoms with E-state index in [-0.39, 0.29) is 0 Å². The Morgan fingerprint density at radius 2 is 2.00 bits per heavy atom. The lowest BCUT2D eigenvalue weighted by atomic mass is 9.87. The van der Waals surface area contributed by atoms with Crippen molar-refractivity contribution in [2.75, 3.05) is 19.0 Å². The number of hydrogen-bond donors (Lipinski definition) is 1. The van der Waals surface area contributed by atoms with Gasteiger partial charge in [-0.3, -0.25) is 0 Å². The van der Waals surface area contributed by atoms with E-state index >= 15 is 0 Å². The van der Waals surface area contributed by atoms with Gasteiger partial charge in [-0.25, -0.2) is 4.98 Å². The molecule has 2 aromatic rings. The highest BCUT2D eigenvalue weighted by molar-refractivity contribution is 5.95. The molecule has 0 unspecified atom stereocenters. The number of pyridine rings is 1. The molecule has 1 heterocycles. The lowest BCUT2D eigenvalue weighted by Gasteiger charge is -2.21. The van der Waals surface area contributed by atoms with Gasteiger partial charge in [-0.05, 0) is 24.5 Å². The van der Waals surface area contributed by atoms with E-state index in [1.807, 2.05) is 24.4 Å². The normalized spacial score (nSPS) is 16.0. The summed E-state index contributed by atoms with van der Waals surface area (Å²) in [5, 5.41) is 5.78. The van der Waals surface area contributed by atoms with Crippen molar-refractivity contribution in [1.82, 2.24) is 4.98 Å². The third-order valence-corrected chi connectivity index (χ3v) is 4.56. The molecular weight excluding hydrogens is 260 g/mol. The van der Waals surface area contributed by atoms with Crippen LogP contribution in [0.25, 0.3) is 10.8 Å². The average Bonchev–Trinajstić information content (AvgIpc) is 2.55. The molecule has 1 saturated carbocycles. The SMILES string of the molecule is COc1cccc2c(NCCC3CCCCC3)nccc12. The molecule has 0 spiro atoms. The van der Waals surface area contributed by atoms with Crippen molar-refractivity contribution in [1.29, 1.82) is 0 Å². The molecule has 0 saturated heterocycles. The Labute approximate surface area is 126 Å². The lowest BCUT2D eigenvalue weighted by Crippen LogP contribution is -2.12. The third-order valence-electron chi connectivity index (χ3n) is 4.56. The lowest BCUT2D eigenvalue weighted by molar-refractivity contribution is 0.345. The van der Waals surface area contributed by atoms with E-state index < -0.39 is 0 Å². The first-order chi connectivity index (χ1) is 10.4. The Kier molecular flexibility index (Phi) is 4.59. The van der Waals surface area contributed by atoms with Crippen LogP contribution in [0.1, 0.15) is 38.5 Å². The molecule has 1 aromatic heterocycles. The first-order valence-electron chi connectivity index (χ1n) is 8.04. The van der Waals surface area contributed by atoms with Crippen LogP contribution >= 0.6 is 0 Å².